The molecule has 98 valence electrons. The maximum absolute atomic E-state index is 5.60. The maximum Gasteiger partial charge on any atom is 0.123 e. The van der Waals surface area contributed by atoms with E-state index in [1.54, 1.807) is 6.26 Å². The van der Waals surface area contributed by atoms with E-state index in [-0.39, 0.29) is 0 Å². The second-order valence-corrected chi connectivity index (χ2v) is 4.57. The number of nitrogens with zero attached hydrogens (tertiary/aromatic N) is 2. The third kappa shape index (κ3) is 2.39. The van der Waals surface area contributed by atoms with Gasteiger partial charge in [0, 0.05) is 6.42 Å². The molecule has 0 aliphatic heterocycles. The van der Waals surface area contributed by atoms with E-state index in [4.69, 9.17) is 15.1 Å². The number of furan rings is 1. The molecule has 0 unspecified atom stereocenters. The Kier molecular flexibility index (Phi) is 3.33. The molecular weight excluding hydrogens is 238 g/mol. The number of imidazole rings is 1. The van der Waals surface area contributed by atoms with Crippen LogP contribution in [0.2, 0.25) is 0 Å². The predicted octanol–water partition coefficient (Wildman–Crippen LogP) is 2.57. The summed E-state index contributed by atoms with van der Waals surface area (Å²) in [7, 11) is 0. The average Bonchev–Trinajstić information content (AvgIpc) is 3.06. The van der Waals surface area contributed by atoms with Gasteiger partial charge < -0.3 is 14.7 Å². The standard InChI is InChI=1S/C15H17N3O/c16-9-3-8-15-17-13-6-1-2-7-14(13)18(15)11-12-5-4-10-19-12/h1-2,4-7,10H,3,8-9,11,16H2. The minimum Gasteiger partial charge on any atom is -0.467 e. The van der Waals surface area contributed by atoms with Crippen LogP contribution in [0.15, 0.2) is 47.1 Å². The lowest BCUT2D eigenvalue weighted by atomic mass is 10.3. The summed E-state index contributed by atoms with van der Waals surface area (Å²) in [5.41, 5.74) is 7.77. The van der Waals surface area contributed by atoms with Crippen LogP contribution in [-0.2, 0) is 13.0 Å². The first-order chi connectivity index (χ1) is 9.38. The number of aryl methyl sites for hydroxylation is 1. The summed E-state index contributed by atoms with van der Waals surface area (Å²) in [6.07, 6.45) is 3.54. The monoisotopic (exact) mass is 255 g/mol. The van der Waals surface area contributed by atoms with Gasteiger partial charge in [0.05, 0.1) is 23.8 Å². The first-order valence-corrected chi connectivity index (χ1v) is 6.55. The smallest absolute Gasteiger partial charge is 0.123 e. The molecule has 3 rings (SSSR count). The van der Waals surface area contributed by atoms with E-state index in [2.05, 4.69) is 10.6 Å². The van der Waals surface area contributed by atoms with Gasteiger partial charge in [-0.3, -0.25) is 0 Å². The van der Waals surface area contributed by atoms with Gasteiger partial charge >= 0.3 is 0 Å². The van der Waals surface area contributed by atoms with E-state index in [0.29, 0.717) is 13.1 Å². The summed E-state index contributed by atoms with van der Waals surface area (Å²) < 4.78 is 7.65. The van der Waals surface area contributed by atoms with E-state index in [1.807, 2.05) is 30.3 Å². The molecule has 0 aliphatic rings. The van der Waals surface area contributed by atoms with Crippen LogP contribution in [0.1, 0.15) is 18.0 Å². The van der Waals surface area contributed by atoms with Crippen LogP contribution in [0, 0.1) is 0 Å². The summed E-state index contributed by atoms with van der Waals surface area (Å²) >= 11 is 0. The number of benzene rings is 1. The van der Waals surface area contributed by atoms with Crippen LogP contribution < -0.4 is 5.73 Å². The van der Waals surface area contributed by atoms with Crippen molar-refractivity contribution in [2.75, 3.05) is 6.54 Å². The predicted molar refractivity (Wildman–Crippen MR) is 74.9 cm³/mol. The fourth-order valence-corrected chi connectivity index (χ4v) is 2.31. The lowest BCUT2D eigenvalue weighted by Gasteiger charge is -2.07. The zero-order chi connectivity index (χ0) is 13.1. The Labute approximate surface area is 111 Å². The Bertz CT molecular complexity index is 655. The first kappa shape index (κ1) is 12.0. The number of para-hydroxylation sites is 2. The normalized spacial score (nSPS) is 11.2. The summed E-state index contributed by atoms with van der Waals surface area (Å²) in [5, 5.41) is 0. The van der Waals surface area contributed by atoms with Crippen molar-refractivity contribution >= 4 is 11.0 Å². The summed E-state index contributed by atoms with van der Waals surface area (Å²) in [6, 6.07) is 12.1. The number of hydrogen-bond donors (Lipinski definition) is 1. The van der Waals surface area contributed by atoms with Gasteiger partial charge in [-0.05, 0) is 37.2 Å². The van der Waals surface area contributed by atoms with Gasteiger partial charge in [-0.25, -0.2) is 4.98 Å². The lowest BCUT2D eigenvalue weighted by molar-refractivity contribution is 0.491. The van der Waals surface area contributed by atoms with Crippen LogP contribution in [0.5, 0.6) is 0 Å². The van der Waals surface area contributed by atoms with Crippen molar-refractivity contribution in [3.8, 4) is 0 Å². The van der Waals surface area contributed by atoms with Gasteiger partial charge in [-0.15, -0.1) is 0 Å². The first-order valence-electron chi connectivity index (χ1n) is 6.55. The number of hydrogen-bond acceptors (Lipinski definition) is 3. The van der Waals surface area contributed by atoms with Crippen LogP contribution in [-0.4, -0.2) is 16.1 Å². The van der Waals surface area contributed by atoms with Gasteiger partial charge in [0.1, 0.15) is 11.6 Å². The van der Waals surface area contributed by atoms with Gasteiger partial charge in [0.2, 0.25) is 0 Å². The van der Waals surface area contributed by atoms with Crippen LogP contribution >= 0.6 is 0 Å². The van der Waals surface area contributed by atoms with E-state index in [1.165, 1.54) is 0 Å². The molecule has 1 aromatic carbocycles. The van der Waals surface area contributed by atoms with Crippen molar-refractivity contribution in [3.63, 3.8) is 0 Å². The Hall–Kier alpha value is -2.07. The van der Waals surface area contributed by atoms with Crippen LogP contribution in [0.3, 0.4) is 0 Å². The van der Waals surface area contributed by atoms with Gasteiger partial charge in [0.25, 0.3) is 0 Å². The molecule has 0 bridgehead atoms. The highest BCUT2D eigenvalue weighted by Crippen LogP contribution is 2.19. The second-order valence-electron chi connectivity index (χ2n) is 4.57. The maximum atomic E-state index is 5.60. The van der Waals surface area contributed by atoms with Crippen molar-refractivity contribution in [1.82, 2.24) is 9.55 Å². The molecule has 0 atom stereocenters. The summed E-state index contributed by atoms with van der Waals surface area (Å²) in [6.45, 7) is 1.40. The number of rotatable bonds is 5. The van der Waals surface area contributed by atoms with Crippen molar-refractivity contribution < 1.29 is 4.42 Å². The minimum atomic E-state index is 0.684. The average molecular weight is 255 g/mol. The molecular formula is C15H17N3O. The zero-order valence-corrected chi connectivity index (χ0v) is 10.7. The largest absolute Gasteiger partial charge is 0.467 e. The molecule has 4 heteroatoms. The molecule has 0 radical (unpaired) electrons. The van der Waals surface area contributed by atoms with Crippen molar-refractivity contribution in [2.45, 2.75) is 19.4 Å². The molecule has 0 saturated heterocycles. The number of fused-ring (bicyclic) bond motifs is 1. The molecule has 0 fully saturated rings. The zero-order valence-electron chi connectivity index (χ0n) is 10.7. The SMILES string of the molecule is NCCCc1nc2ccccc2n1Cc1ccco1. The van der Waals surface area contributed by atoms with E-state index < -0.39 is 0 Å². The molecule has 0 amide bonds. The highest BCUT2D eigenvalue weighted by Gasteiger charge is 2.11. The van der Waals surface area contributed by atoms with Crippen molar-refractivity contribution in [2.24, 2.45) is 5.73 Å². The van der Waals surface area contributed by atoms with Crippen LogP contribution in [0.25, 0.3) is 11.0 Å². The van der Waals surface area contributed by atoms with Crippen molar-refractivity contribution in [3.05, 3.63) is 54.2 Å². The molecule has 2 heterocycles. The summed E-state index contributed by atoms with van der Waals surface area (Å²) in [5.74, 6) is 2.01. The number of nitrogens with two attached hydrogens (primary N) is 1. The fraction of sp³-hybridized carbons (Fsp3) is 0.267. The minimum absolute atomic E-state index is 0.684. The summed E-state index contributed by atoms with van der Waals surface area (Å²) in [4.78, 5) is 4.70. The Morgan fingerprint density at radius 3 is 2.84 bits per heavy atom. The van der Waals surface area contributed by atoms with E-state index in [9.17, 15) is 0 Å². The fourth-order valence-electron chi connectivity index (χ4n) is 2.31. The molecule has 2 N–H and O–H groups in total. The Balaban J connectivity index is 2.02. The molecule has 0 spiro atoms. The molecule has 3 aromatic rings. The Morgan fingerprint density at radius 1 is 1.16 bits per heavy atom. The van der Waals surface area contributed by atoms with Gasteiger partial charge in [-0.2, -0.15) is 0 Å². The third-order valence-electron chi connectivity index (χ3n) is 3.23. The Morgan fingerprint density at radius 2 is 2.05 bits per heavy atom. The number of aromatic nitrogens is 2. The lowest BCUT2D eigenvalue weighted by Crippen LogP contribution is -2.07. The van der Waals surface area contributed by atoms with E-state index in [0.717, 1.165) is 35.5 Å². The molecule has 0 aliphatic carbocycles. The van der Waals surface area contributed by atoms with Gasteiger partial charge in [-0.1, -0.05) is 12.1 Å². The topological polar surface area (TPSA) is 57.0 Å². The molecule has 4 nitrogen and oxygen atoms in total. The second kappa shape index (κ2) is 5.28. The quantitative estimate of drug-likeness (QED) is 0.762. The molecule has 0 saturated carbocycles. The van der Waals surface area contributed by atoms with Crippen molar-refractivity contribution in [1.29, 1.82) is 0 Å². The highest BCUT2D eigenvalue weighted by atomic mass is 16.3. The highest BCUT2D eigenvalue weighted by molar-refractivity contribution is 5.76. The van der Waals surface area contributed by atoms with Gasteiger partial charge in [0.15, 0.2) is 0 Å². The third-order valence-corrected chi connectivity index (χ3v) is 3.23. The molecule has 2 aromatic heterocycles. The molecule has 19 heavy (non-hydrogen) atoms. The van der Waals surface area contributed by atoms with E-state index >= 15 is 0 Å². The van der Waals surface area contributed by atoms with Crippen LogP contribution in [0.4, 0.5) is 0 Å².